The van der Waals surface area contributed by atoms with Crippen molar-refractivity contribution >= 4 is 22.5 Å². The Morgan fingerprint density at radius 3 is 2.41 bits per heavy atom. The predicted molar refractivity (Wildman–Crippen MR) is 120 cm³/mol. The molecule has 0 bridgehead atoms. The smallest absolute Gasteiger partial charge is 0.251 e. The third kappa shape index (κ3) is 3.74. The van der Waals surface area contributed by atoms with Gasteiger partial charge in [-0.05, 0) is 60.9 Å². The van der Waals surface area contributed by atoms with Gasteiger partial charge in [-0.3, -0.25) is 4.79 Å². The minimum absolute atomic E-state index is 0.0491. The first-order chi connectivity index (χ1) is 14.1. The number of fused-ring (bicyclic) bond motifs is 1. The molecule has 1 heterocycles. The molecular weight excluding hydrogens is 358 g/mol. The standard InChI is InChI=1S/C25H25N3O/c1-16-8-13-20(14-17(16)2)28-24(18-9-11-19(12-10-18)25(29)26-3)22-15-27-23-7-5-4-6-21(22)23/h4-15,24,27-28H,1-3H3,(H,26,29). The SMILES string of the molecule is CNC(=O)c1ccc(C(Nc2ccc(C)c(C)c2)c2c[nH]c3ccccc23)cc1. The Labute approximate surface area is 171 Å². The summed E-state index contributed by atoms with van der Waals surface area (Å²) in [4.78, 5) is 15.3. The van der Waals surface area contributed by atoms with E-state index >= 15 is 0 Å². The van der Waals surface area contributed by atoms with Gasteiger partial charge in [0.15, 0.2) is 0 Å². The zero-order valence-corrected chi connectivity index (χ0v) is 16.9. The highest BCUT2D eigenvalue weighted by atomic mass is 16.1. The normalized spacial score (nSPS) is 12.0. The summed E-state index contributed by atoms with van der Waals surface area (Å²) in [5, 5.41) is 7.56. The van der Waals surface area contributed by atoms with E-state index in [1.54, 1.807) is 7.05 Å². The van der Waals surface area contributed by atoms with E-state index in [1.165, 1.54) is 22.1 Å². The lowest BCUT2D eigenvalue weighted by Gasteiger charge is -2.21. The lowest BCUT2D eigenvalue weighted by molar-refractivity contribution is 0.0963. The average Bonchev–Trinajstić information content (AvgIpc) is 3.18. The van der Waals surface area contributed by atoms with Crippen molar-refractivity contribution in [2.45, 2.75) is 19.9 Å². The van der Waals surface area contributed by atoms with Crippen LogP contribution in [-0.2, 0) is 0 Å². The first kappa shape index (κ1) is 18.8. The van der Waals surface area contributed by atoms with E-state index in [0.29, 0.717) is 5.56 Å². The van der Waals surface area contributed by atoms with Gasteiger partial charge in [-0.15, -0.1) is 0 Å². The summed E-state index contributed by atoms with van der Waals surface area (Å²) >= 11 is 0. The van der Waals surface area contributed by atoms with Crippen molar-refractivity contribution < 1.29 is 4.79 Å². The Kier molecular flexibility index (Phi) is 5.09. The largest absolute Gasteiger partial charge is 0.374 e. The molecular formula is C25H25N3O. The third-order valence-corrected chi connectivity index (χ3v) is 5.48. The molecule has 3 N–H and O–H groups in total. The van der Waals surface area contributed by atoms with E-state index in [2.05, 4.69) is 72.1 Å². The topological polar surface area (TPSA) is 56.9 Å². The monoisotopic (exact) mass is 383 g/mol. The number of carbonyl (C=O) groups excluding carboxylic acids is 1. The second kappa shape index (κ2) is 7.84. The fourth-order valence-electron chi connectivity index (χ4n) is 3.64. The first-order valence-electron chi connectivity index (χ1n) is 9.78. The zero-order chi connectivity index (χ0) is 20.4. The van der Waals surface area contributed by atoms with E-state index < -0.39 is 0 Å². The van der Waals surface area contributed by atoms with Gasteiger partial charge in [0.1, 0.15) is 0 Å². The molecule has 0 aliphatic heterocycles. The molecule has 0 aliphatic carbocycles. The highest BCUT2D eigenvalue weighted by Crippen LogP contribution is 2.32. The summed E-state index contributed by atoms with van der Waals surface area (Å²) < 4.78 is 0. The molecule has 0 aliphatic rings. The Morgan fingerprint density at radius 1 is 0.931 bits per heavy atom. The number of para-hydroxylation sites is 1. The van der Waals surface area contributed by atoms with Gasteiger partial charge in [0.05, 0.1) is 6.04 Å². The number of nitrogens with one attached hydrogen (secondary N) is 3. The fourth-order valence-corrected chi connectivity index (χ4v) is 3.64. The van der Waals surface area contributed by atoms with Crippen LogP contribution in [-0.4, -0.2) is 17.9 Å². The van der Waals surface area contributed by atoms with Gasteiger partial charge in [0.25, 0.3) is 5.91 Å². The van der Waals surface area contributed by atoms with Gasteiger partial charge in [-0.1, -0.05) is 36.4 Å². The van der Waals surface area contributed by atoms with Crippen LogP contribution in [0, 0.1) is 13.8 Å². The molecule has 0 spiro atoms. The Balaban J connectivity index is 1.78. The minimum Gasteiger partial charge on any atom is -0.374 e. The first-order valence-corrected chi connectivity index (χ1v) is 9.78. The van der Waals surface area contributed by atoms with Gasteiger partial charge in [-0.2, -0.15) is 0 Å². The fraction of sp³-hybridized carbons (Fsp3) is 0.160. The Bertz CT molecular complexity index is 1160. The van der Waals surface area contributed by atoms with E-state index in [0.717, 1.165) is 16.8 Å². The number of benzene rings is 3. The third-order valence-electron chi connectivity index (χ3n) is 5.48. The maximum Gasteiger partial charge on any atom is 0.251 e. The maximum absolute atomic E-state index is 11.9. The molecule has 1 atom stereocenters. The molecule has 1 amide bonds. The summed E-state index contributed by atoms with van der Waals surface area (Å²) in [5.74, 6) is -0.0812. The van der Waals surface area contributed by atoms with Crippen LogP contribution in [0.3, 0.4) is 0 Å². The number of aromatic nitrogens is 1. The quantitative estimate of drug-likeness (QED) is 0.435. The van der Waals surface area contributed by atoms with E-state index in [-0.39, 0.29) is 11.9 Å². The molecule has 0 saturated heterocycles. The second-order valence-corrected chi connectivity index (χ2v) is 7.37. The van der Waals surface area contributed by atoms with Crippen LogP contribution in [0.5, 0.6) is 0 Å². The Morgan fingerprint density at radius 2 is 1.69 bits per heavy atom. The molecule has 4 heteroatoms. The number of hydrogen-bond donors (Lipinski definition) is 3. The number of carbonyl (C=O) groups is 1. The summed E-state index contributed by atoms with van der Waals surface area (Å²) in [6.45, 7) is 4.24. The van der Waals surface area contributed by atoms with Crippen molar-refractivity contribution in [2.75, 3.05) is 12.4 Å². The van der Waals surface area contributed by atoms with Crippen molar-refractivity contribution in [3.8, 4) is 0 Å². The van der Waals surface area contributed by atoms with Crippen molar-refractivity contribution in [3.05, 3.63) is 101 Å². The van der Waals surface area contributed by atoms with Gasteiger partial charge in [0, 0.05) is 41.0 Å². The number of hydrogen-bond acceptors (Lipinski definition) is 2. The van der Waals surface area contributed by atoms with Crippen LogP contribution >= 0.6 is 0 Å². The van der Waals surface area contributed by atoms with Crippen LogP contribution in [0.1, 0.15) is 38.7 Å². The average molecular weight is 383 g/mol. The summed E-state index contributed by atoms with van der Waals surface area (Å²) in [6.07, 6.45) is 2.07. The molecule has 0 radical (unpaired) electrons. The van der Waals surface area contributed by atoms with Crippen molar-refractivity contribution in [1.82, 2.24) is 10.3 Å². The predicted octanol–water partition coefficient (Wildman–Crippen LogP) is 5.35. The molecule has 3 aromatic carbocycles. The van der Waals surface area contributed by atoms with Gasteiger partial charge >= 0.3 is 0 Å². The molecule has 0 fully saturated rings. The van der Waals surface area contributed by atoms with Crippen LogP contribution in [0.2, 0.25) is 0 Å². The maximum atomic E-state index is 11.9. The van der Waals surface area contributed by atoms with Gasteiger partial charge < -0.3 is 15.6 Å². The number of amides is 1. The number of H-pyrrole nitrogens is 1. The minimum atomic E-state index is -0.0812. The number of rotatable bonds is 5. The van der Waals surface area contributed by atoms with E-state index in [4.69, 9.17) is 0 Å². The molecule has 1 aromatic heterocycles. The van der Waals surface area contributed by atoms with Crippen molar-refractivity contribution in [3.63, 3.8) is 0 Å². The van der Waals surface area contributed by atoms with Gasteiger partial charge in [0.2, 0.25) is 0 Å². The summed E-state index contributed by atoms with van der Waals surface area (Å²) in [5.41, 5.74) is 7.62. The summed E-state index contributed by atoms with van der Waals surface area (Å²) in [6, 6.07) is 22.5. The zero-order valence-electron chi connectivity index (χ0n) is 16.9. The van der Waals surface area contributed by atoms with Crippen LogP contribution in [0.25, 0.3) is 10.9 Å². The molecule has 146 valence electrons. The molecule has 29 heavy (non-hydrogen) atoms. The van der Waals surface area contributed by atoms with Crippen molar-refractivity contribution in [1.29, 1.82) is 0 Å². The number of aromatic amines is 1. The molecule has 4 rings (SSSR count). The van der Waals surface area contributed by atoms with Crippen molar-refractivity contribution in [2.24, 2.45) is 0 Å². The molecule has 4 nitrogen and oxygen atoms in total. The van der Waals surface area contributed by atoms with Crippen LogP contribution in [0.15, 0.2) is 72.9 Å². The molecule has 0 saturated carbocycles. The van der Waals surface area contributed by atoms with Crippen LogP contribution < -0.4 is 10.6 Å². The van der Waals surface area contributed by atoms with E-state index in [9.17, 15) is 4.79 Å². The Hall–Kier alpha value is -3.53. The lowest BCUT2D eigenvalue weighted by Crippen LogP contribution is -2.18. The summed E-state index contributed by atoms with van der Waals surface area (Å²) in [7, 11) is 1.65. The van der Waals surface area contributed by atoms with E-state index in [1.807, 2.05) is 30.3 Å². The second-order valence-electron chi connectivity index (χ2n) is 7.37. The van der Waals surface area contributed by atoms with Gasteiger partial charge in [-0.25, -0.2) is 0 Å². The number of aryl methyl sites for hydroxylation is 2. The molecule has 4 aromatic rings. The number of anilines is 1. The highest BCUT2D eigenvalue weighted by Gasteiger charge is 2.19. The highest BCUT2D eigenvalue weighted by molar-refractivity contribution is 5.94. The van der Waals surface area contributed by atoms with Crippen LogP contribution in [0.4, 0.5) is 5.69 Å². The molecule has 1 unspecified atom stereocenters. The lowest BCUT2D eigenvalue weighted by atomic mass is 9.96.